The number of aromatic nitrogens is 1. The van der Waals surface area contributed by atoms with Gasteiger partial charge in [0, 0.05) is 22.3 Å². The van der Waals surface area contributed by atoms with E-state index < -0.39 is 5.41 Å². The molecule has 0 aliphatic carbocycles. The highest BCUT2D eigenvalue weighted by molar-refractivity contribution is 5.82. The summed E-state index contributed by atoms with van der Waals surface area (Å²) in [6.45, 7) is 0. The maximum Gasteiger partial charge on any atom is 0.141 e. The second-order valence-corrected chi connectivity index (χ2v) is 11.1. The summed E-state index contributed by atoms with van der Waals surface area (Å²) in [6, 6.07) is 61.8. The minimum absolute atomic E-state index is 0.581. The first-order valence-corrected chi connectivity index (χ1v) is 15.0. The molecule has 2 heteroatoms. The molecule has 6 aromatic carbocycles. The Kier molecular flexibility index (Phi) is 6.39. The number of fused-ring (bicyclic) bond motifs is 2. The van der Waals surface area contributed by atoms with E-state index in [0.29, 0.717) is 0 Å². The number of rotatable bonds is 5. The first-order valence-electron chi connectivity index (χ1n) is 15.0. The van der Waals surface area contributed by atoms with Crippen molar-refractivity contribution in [3.63, 3.8) is 0 Å². The summed E-state index contributed by atoms with van der Waals surface area (Å²) in [5, 5.41) is 0. The summed E-state index contributed by atoms with van der Waals surface area (Å²) in [7, 11) is 0. The van der Waals surface area contributed by atoms with Crippen LogP contribution in [0, 0.1) is 0 Å². The van der Waals surface area contributed by atoms with Crippen molar-refractivity contribution < 1.29 is 4.74 Å². The zero-order valence-electron chi connectivity index (χ0n) is 24.1. The first kappa shape index (κ1) is 25.9. The molecule has 2 heterocycles. The lowest BCUT2D eigenvalue weighted by Gasteiger charge is -2.42. The van der Waals surface area contributed by atoms with Crippen LogP contribution in [0.1, 0.15) is 22.3 Å². The van der Waals surface area contributed by atoms with Crippen LogP contribution < -0.4 is 4.74 Å². The summed E-state index contributed by atoms with van der Waals surface area (Å²) >= 11 is 0. The van der Waals surface area contributed by atoms with Crippen LogP contribution in [-0.2, 0) is 5.41 Å². The van der Waals surface area contributed by atoms with E-state index in [9.17, 15) is 0 Å². The fourth-order valence-electron chi connectivity index (χ4n) is 6.65. The van der Waals surface area contributed by atoms with Gasteiger partial charge < -0.3 is 4.74 Å². The third kappa shape index (κ3) is 4.23. The van der Waals surface area contributed by atoms with Crippen molar-refractivity contribution in [1.29, 1.82) is 0 Å². The van der Waals surface area contributed by atoms with Gasteiger partial charge in [-0.15, -0.1) is 0 Å². The molecule has 2 nitrogen and oxygen atoms in total. The molecule has 0 saturated carbocycles. The Labute approximate surface area is 257 Å². The van der Waals surface area contributed by atoms with Crippen molar-refractivity contribution >= 4 is 0 Å². The standard InChI is InChI=1S/C42H29NO/c1-5-16-30(17-6-1)32-28-38(31-18-7-2-8-19-31)43-39(29-32)35-24-15-26-37-41(35)44-40-27-14-13-25-36(40)42(37,33-20-9-3-10-21-33)34-22-11-4-12-23-34/h1-29H. The topological polar surface area (TPSA) is 22.1 Å². The number of hydrogen-bond donors (Lipinski definition) is 0. The monoisotopic (exact) mass is 563 g/mol. The predicted molar refractivity (Wildman–Crippen MR) is 179 cm³/mol. The second kappa shape index (κ2) is 10.8. The normalized spacial score (nSPS) is 12.9. The summed E-state index contributed by atoms with van der Waals surface area (Å²) in [5.41, 5.74) is 10.1. The number of ether oxygens (including phenoxy) is 1. The molecule has 208 valence electrons. The minimum atomic E-state index is -0.581. The number of nitrogens with zero attached hydrogens (tertiary/aromatic N) is 1. The maximum absolute atomic E-state index is 6.91. The minimum Gasteiger partial charge on any atom is -0.456 e. The van der Waals surface area contributed by atoms with E-state index in [-0.39, 0.29) is 0 Å². The van der Waals surface area contributed by atoms with Gasteiger partial charge in [-0.1, -0.05) is 152 Å². The zero-order valence-corrected chi connectivity index (χ0v) is 24.1. The van der Waals surface area contributed by atoms with Crippen molar-refractivity contribution in [2.75, 3.05) is 0 Å². The quantitative estimate of drug-likeness (QED) is 0.208. The lowest BCUT2D eigenvalue weighted by molar-refractivity contribution is 0.436. The van der Waals surface area contributed by atoms with Gasteiger partial charge in [-0.3, -0.25) is 0 Å². The summed E-state index contributed by atoms with van der Waals surface area (Å²) in [5.74, 6) is 1.68. The molecule has 0 fully saturated rings. The van der Waals surface area contributed by atoms with Gasteiger partial charge in [0.15, 0.2) is 0 Å². The van der Waals surface area contributed by atoms with Crippen molar-refractivity contribution in [1.82, 2.24) is 4.98 Å². The molecule has 0 atom stereocenters. The van der Waals surface area contributed by atoms with E-state index in [0.717, 1.165) is 56.3 Å². The average Bonchev–Trinajstić information content (AvgIpc) is 3.11. The highest BCUT2D eigenvalue weighted by Gasteiger charge is 2.45. The highest BCUT2D eigenvalue weighted by atomic mass is 16.5. The fraction of sp³-hybridized carbons (Fsp3) is 0.0238. The van der Waals surface area contributed by atoms with Gasteiger partial charge in [0.05, 0.1) is 16.8 Å². The third-order valence-corrected chi connectivity index (χ3v) is 8.61. The van der Waals surface area contributed by atoms with E-state index in [4.69, 9.17) is 9.72 Å². The van der Waals surface area contributed by atoms with E-state index in [1.165, 1.54) is 11.1 Å². The second-order valence-electron chi connectivity index (χ2n) is 11.1. The first-order chi connectivity index (χ1) is 21.8. The summed E-state index contributed by atoms with van der Waals surface area (Å²) in [4.78, 5) is 5.28. The van der Waals surface area contributed by atoms with Gasteiger partial charge in [-0.25, -0.2) is 4.98 Å². The molecule has 0 radical (unpaired) electrons. The smallest absolute Gasteiger partial charge is 0.141 e. The molecule has 1 aliphatic rings. The molecular formula is C42H29NO. The van der Waals surface area contributed by atoms with Crippen LogP contribution >= 0.6 is 0 Å². The van der Waals surface area contributed by atoms with Gasteiger partial charge in [-0.2, -0.15) is 0 Å². The van der Waals surface area contributed by atoms with E-state index in [2.05, 4.69) is 170 Å². The Hall–Kier alpha value is -5.73. The molecule has 8 rings (SSSR count). The van der Waals surface area contributed by atoms with Gasteiger partial charge in [0.1, 0.15) is 11.5 Å². The van der Waals surface area contributed by atoms with Crippen molar-refractivity contribution in [3.05, 3.63) is 198 Å². The molecule has 1 aliphatic heterocycles. The maximum atomic E-state index is 6.91. The third-order valence-electron chi connectivity index (χ3n) is 8.61. The fourth-order valence-corrected chi connectivity index (χ4v) is 6.65. The Morgan fingerprint density at radius 2 is 0.932 bits per heavy atom. The summed E-state index contributed by atoms with van der Waals surface area (Å²) < 4.78 is 6.91. The lowest BCUT2D eigenvalue weighted by Crippen LogP contribution is -2.34. The van der Waals surface area contributed by atoms with E-state index >= 15 is 0 Å². The Bertz CT molecular complexity index is 1970. The molecular weight excluding hydrogens is 534 g/mol. The molecule has 0 saturated heterocycles. The molecule has 0 spiro atoms. The van der Waals surface area contributed by atoms with Crippen LogP contribution in [0.4, 0.5) is 0 Å². The van der Waals surface area contributed by atoms with Crippen LogP contribution in [0.3, 0.4) is 0 Å². The van der Waals surface area contributed by atoms with Crippen LogP contribution in [-0.4, -0.2) is 4.98 Å². The highest BCUT2D eigenvalue weighted by Crippen LogP contribution is 2.57. The van der Waals surface area contributed by atoms with Gasteiger partial charge in [0.25, 0.3) is 0 Å². The van der Waals surface area contributed by atoms with Crippen LogP contribution in [0.2, 0.25) is 0 Å². The largest absolute Gasteiger partial charge is 0.456 e. The summed E-state index contributed by atoms with van der Waals surface area (Å²) in [6.07, 6.45) is 0. The molecule has 0 unspecified atom stereocenters. The van der Waals surface area contributed by atoms with Gasteiger partial charge in [0.2, 0.25) is 0 Å². The number of para-hydroxylation sites is 2. The Balaban J connectivity index is 1.44. The molecule has 1 aromatic heterocycles. The Morgan fingerprint density at radius 3 is 1.59 bits per heavy atom. The molecule has 0 N–H and O–H groups in total. The predicted octanol–water partition coefficient (Wildman–Crippen LogP) is 10.6. The van der Waals surface area contributed by atoms with Crippen molar-refractivity contribution in [2.24, 2.45) is 0 Å². The molecule has 44 heavy (non-hydrogen) atoms. The van der Waals surface area contributed by atoms with Gasteiger partial charge >= 0.3 is 0 Å². The molecule has 0 amide bonds. The molecule has 7 aromatic rings. The van der Waals surface area contributed by atoms with Crippen LogP contribution in [0.5, 0.6) is 11.5 Å². The molecule has 0 bridgehead atoms. The van der Waals surface area contributed by atoms with E-state index in [1.54, 1.807) is 0 Å². The van der Waals surface area contributed by atoms with Crippen LogP contribution in [0.25, 0.3) is 33.6 Å². The van der Waals surface area contributed by atoms with Crippen molar-refractivity contribution in [2.45, 2.75) is 5.41 Å². The SMILES string of the molecule is c1ccc(-c2cc(-c3ccccc3)nc(-c3cccc4c3Oc3ccccc3C4(c3ccccc3)c3ccccc3)c2)cc1. The number of hydrogen-bond acceptors (Lipinski definition) is 2. The number of benzene rings is 6. The van der Waals surface area contributed by atoms with Crippen LogP contribution in [0.15, 0.2) is 176 Å². The number of pyridine rings is 1. The zero-order chi connectivity index (χ0) is 29.3. The Morgan fingerprint density at radius 1 is 0.409 bits per heavy atom. The average molecular weight is 564 g/mol. The van der Waals surface area contributed by atoms with Crippen molar-refractivity contribution in [3.8, 4) is 45.1 Å². The lowest BCUT2D eigenvalue weighted by atomic mass is 9.63. The van der Waals surface area contributed by atoms with E-state index in [1.807, 2.05) is 6.07 Å². The van der Waals surface area contributed by atoms with Gasteiger partial charge in [-0.05, 0) is 46.5 Å².